The summed E-state index contributed by atoms with van der Waals surface area (Å²) >= 11 is 0. The first-order valence-corrected chi connectivity index (χ1v) is 5.89. The van der Waals surface area contributed by atoms with Crippen molar-refractivity contribution in [1.29, 1.82) is 0 Å². The van der Waals surface area contributed by atoms with Crippen LogP contribution in [0.3, 0.4) is 0 Å². The molecule has 15 heavy (non-hydrogen) atoms. The summed E-state index contributed by atoms with van der Waals surface area (Å²) in [5, 5.41) is 3.20. The van der Waals surface area contributed by atoms with E-state index in [0.717, 1.165) is 18.4 Å². The second kappa shape index (κ2) is 4.35. The predicted molar refractivity (Wildman–Crippen MR) is 61.6 cm³/mol. The zero-order valence-electron chi connectivity index (χ0n) is 9.90. The Labute approximate surface area is 91.9 Å². The largest absolute Gasteiger partial charge is 0.330 e. The number of aromatic nitrogens is 2. The van der Waals surface area contributed by atoms with Gasteiger partial charge in [0, 0.05) is 18.8 Å². The maximum Gasteiger partial charge on any atom is 0.0951 e. The Balaban J connectivity index is 2.18. The smallest absolute Gasteiger partial charge is 0.0951 e. The highest BCUT2D eigenvalue weighted by Crippen LogP contribution is 2.40. The Morgan fingerprint density at radius 2 is 2.27 bits per heavy atom. The van der Waals surface area contributed by atoms with Gasteiger partial charge in [0.2, 0.25) is 0 Å². The lowest BCUT2D eigenvalue weighted by Gasteiger charge is -2.21. The van der Waals surface area contributed by atoms with Gasteiger partial charge in [-0.05, 0) is 31.7 Å². The van der Waals surface area contributed by atoms with E-state index in [9.17, 15) is 0 Å². The average Bonchev–Trinajstić information content (AvgIpc) is 2.77. The summed E-state index contributed by atoms with van der Waals surface area (Å²) in [5.74, 6) is 1.62. The van der Waals surface area contributed by atoms with Crippen molar-refractivity contribution in [3.8, 4) is 0 Å². The van der Waals surface area contributed by atoms with Crippen molar-refractivity contribution in [1.82, 2.24) is 14.9 Å². The molecule has 1 heterocycles. The van der Waals surface area contributed by atoms with E-state index in [-0.39, 0.29) is 0 Å². The first kappa shape index (κ1) is 10.7. The van der Waals surface area contributed by atoms with Crippen LogP contribution in [0.5, 0.6) is 0 Å². The quantitative estimate of drug-likeness (QED) is 0.823. The Kier molecular flexibility index (Phi) is 3.10. The van der Waals surface area contributed by atoms with Crippen LogP contribution < -0.4 is 5.32 Å². The number of hydrogen-bond donors (Lipinski definition) is 1. The van der Waals surface area contributed by atoms with Crippen molar-refractivity contribution in [2.45, 2.75) is 39.3 Å². The Bertz CT molecular complexity index is 318. The summed E-state index contributed by atoms with van der Waals surface area (Å²) in [6.07, 6.45) is 6.62. The Hall–Kier alpha value is -0.830. The first-order valence-electron chi connectivity index (χ1n) is 5.89. The van der Waals surface area contributed by atoms with Crippen molar-refractivity contribution in [2.24, 2.45) is 11.8 Å². The molecule has 3 nitrogen and oxygen atoms in total. The molecule has 0 spiro atoms. The second-order valence-electron chi connectivity index (χ2n) is 4.80. The summed E-state index contributed by atoms with van der Waals surface area (Å²) in [6.45, 7) is 5.64. The number of rotatable bonds is 3. The molecule has 1 aliphatic carbocycles. The Morgan fingerprint density at radius 3 is 2.87 bits per heavy atom. The highest BCUT2D eigenvalue weighted by atomic mass is 15.1. The molecule has 0 radical (unpaired) electrons. The highest BCUT2D eigenvalue weighted by molar-refractivity contribution is 5.02. The van der Waals surface area contributed by atoms with Crippen LogP contribution in [0.25, 0.3) is 0 Å². The molecule has 1 aliphatic rings. The van der Waals surface area contributed by atoms with Crippen molar-refractivity contribution in [3.63, 3.8) is 0 Å². The zero-order valence-corrected chi connectivity index (χ0v) is 9.90. The van der Waals surface area contributed by atoms with Gasteiger partial charge in [0.15, 0.2) is 0 Å². The zero-order chi connectivity index (χ0) is 10.8. The SMILES string of the molecule is CNCc1cncn1C1CCC(C)C1C. The van der Waals surface area contributed by atoms with Crippen LogP contribution in [0.2, 0.25) is 0 Å². The number of nitrogens with zero attached hydrogens (tertiary/aromatic N) is 2. The van der Waals surface area contributed by atoms with Gasteiger partial charge in [-0.3, -0.25) is 0 Å². The van der Waals surface area contributed by atoms with E-state index in [4.69, 9.17) is 0 Å². The van der Waals surface area contributed by atoms with Crippen molar-refractivity contribution < 1.29 is 0 Å². The molecule has 0 bridgehead atoms. The molecule has 1 fully saturated rings. The van der Waals surface area contributed by atoms with Gasteiger partial charge in [0.05, 0.1) is 12.0 Å². The van der Waals surface area contributed by atoms with Gasteiger partial charge in [0.1, 0.15) is 0 Å². The van der Waals surface area contributed by atoms with Gasteiger partial charge < -0.3 is 9.88 Å². The number of hydrogen-bond acceptors (Lipinski definition) is 2. The summed E-state index contributed by atoms with van der Waals surface area (Å²) in [7, 11) is 1.98. The van der Waals surface area contributed by atoms with E-state index in [1.54, 1.807) is 0 Å². The topological polar surface area (TPSA) is 29.9 Å². The summed E-state index contributed by atoms with van der Waals surface area (Å²) in [6, 6.07) is 0.658. The molecule has 0 saturated heterocycles. The van der Waals surface area contributed by atoms with Crippen LogP contribution >= 0.6 is 0 Å². The molecule has 84 valence electrons. The summed E-state index contributed by atoms with van der Waals surface area (Å²) < 4.78 is 2.37. The van der Waals surface area contributed by atoms with Crippen LogP contribution in [0.15, 0.2) is 12.5 Å². The third-order valence-electron chi connectivity index (χ3n) is 3.88. The molecule has 1 N–H and O–H groups in total. The van der Waals surface area contributed by atoms with E-state index in [1.165, 1.54) is 18.5 Å². The van der Waals surface area contributed by atoms with Crippen molar-refractivity contribution >= 4 is 0 Å². The maximum atomic E-state index is 4.27. The standard InChI is InChI=1S/C12H21N3/c1-9-4-5-12(10(9)2)15-8-14-7-11(15)6-13-3/h7-10,12-13H,4-6H2,1-3H3. The summed E-state index contributed by atoms with van der Waals surface area (Å²) in [5.41, 5.74) is 1.31. The molecule has 1 aromatic heterocycles. The van der Waals surface area contributed by atoms with Gasteiger partial charge in [0.25, 0.3) is 0 Å². The summed E-state index contributed by atoms with van der Waals surface area (Å²) in [4.78, 5) is 4.27. The molecular formula is C12H21N3. The molecule has 1 saturated carbocycles. The fourth-order valence-corrected chi connectivity index (χ4v) is 2.68. The van der Waals surface area contributed by atoms with Crippen molar-refractivity contribution in [2.75, 3.05) is 7.05 Å². The van der Waals surface area contributed by atoms with Gasteiger partial charge in [-0.1, -0.05) is 13.8 Å². The fraction of sp³-hybridized carbons (Fsp3) is 0.750. The van der Waals surface area contributed by atoms with Gasteiger partial charge in [-0.15, -0.1) is 0 Å². The third kappa shape index (κ3) is 1.93. The number of imidazole rings is 1. The molecule has 3 heteroatoms. The fourth-order valence-electron chi connectivity index (χ4n) is 2.68. The van der Waals surface area contributed by atoms with Gasteiger partial charge >= 0.3 is 0 Å². The van der Waals surface area contributed by atoms with Crippen LogP contribution in [0, 0.1) is 11.8 Å². The highest BCUT2D eigenvalue weighted by Gasteiger charge is 2.31. The predicted octanol–water partition coefficient (Wildman–Crippen LogP) is 2.21. The molecule has 0 aromatic carbocycles. The van der Waals surface area contributed by atoms with Crippen LogP contribution in [-0.2, 0) is 6.54 Å². The molecule has 0 aliphatic heterocycles. The second-order valence-corrected chi connectivity index (χ2v) is 4.80. The molecule has 0 amide bonds. The average molecular weight is 207 g/mol. The minimum absolute atomic E-state index is 0.658. The lowest BCUT2D eigenvalue weighted by atomic mass is 9.97. The normalized spacial score (nSPS) is 31.0. The Morgan fingerprint density at radius 1 is 1.47 bits per heavy atom. The lowest BCUT2D eigenvalue weighted by Crippen LogP contribution is -2.18. The molecule has 3 unspecified atom stereocenters. The van der Waals surface area contributed by atoms with E-state index >= 15 is 0 Å². The lowest BCUT2D eigenvalue weighted by molar-refractivity contribution is 0.345. The van der Waals surface area contributed by atoms with E-state index < -0.39 is 0 Å². The monoisotopic (exact) mass is 207 g/mol. The molecular weight excluding hydrogens is 186 g/mol. The first-order chi connectivity index (χ1) is 7.24. The molecule has 2 rings (SSSR count). The van der Waals surface area contributed by atoms with Crippen molar-refractivity contribution in [3.05, 3.63) is 18.2 Å². The van der Waals surface area contributed by atoms with Crippen LogP contribution in [-0.4, -0.2) is 16.6 Å². The van der Waals surface area contributed by atoms with Gasteiger partial charge in [-0.2, -0.15) is 0 Å². The minimum atomic E-state index is 0.658. The molecule has 1 aromatic rings. The number of nitrogens with one attached hydrogen (secondary N) is 1. The molecule has 3 atom stereocenters. The van der Waals surface area contributed by atoms with Crippen LogP contribution in [0.1, 0.15) is 38.4 Å². The van der Waals surface area contributed by atoms with E-state index in [2.05, 4.69) is 28.7 Å². The van der Waals surface area contributed by atoms with E-state index in [1.807, 2.05) is 19.6 Å². The third-order valence-corrected chi connectivity index (χ3v) is 3.88. The van der Waals surface area contributed by atoms with Gasteiger partial charge in [-0.25, -0.2) is 4.98 Å². The van der Waals surface area contributed by atoms with Crippen LogP contribution in [0.4, 0.5) is 0 Å². The minimum Gasteiger partial charge on any atom is -0.330 e. The van der Waals surface area contributed by atoms with E-state index in [0.29, 0.717) is 6.04 Å². The maximum absolute atomic E-state index is 4.27.